The minimum absolute atomic E-state index is 0.627. The third-order valence-corrected chi connectivity index (χ3v) is 14.4. The van der Waals surface area contributed by atoms with Gasteiger partial charge < -0.3 is 0 Å². The molecule has 0 fully saturated rings. The van der Waals surface area contributed by atoms with E-state index in [0.717, 1.165) is 105 Å². The van der Waals surface area contributed by atoms with Gasteiger partial charge in [-0.2, -0.15) is 0 Å². The van der Waals surface area contributed by atoms with Crippen LogP contribution in [0.2, 0.25) is 0 Å². The topological polar surface area (TPSA) is 64.5 Å². The SMILES string of the molecule is c1ccc(-c2nc(-c3ccccc3)nc(-c3cccc4c(-c5cc(-c6ccc(-c7cccc8ccccc78)cc6)cc(-c6ccc7cc(-c8nc9ccccc9c9ccncc89)ccc7c6)c5)cccc34)n2)cc1. The van der Waals surface area contributed by atoms with Crippen molar-refractivity contribution in [2.45, 2.75) is 0 Å². The quantitative estimate of drug-likeness (QED) is 0.142. The van der Waals surface area contributed by atoms with Crippen molar-refractivity contribution in [1.82, 2.24) is 24.9 Å². The van der Waals surface area contributed by atoms with E-state index in [1.807, 2.05) is 79.1 Å². The molecule has 0 unspecified atom stereocenters. The molecule has 0 radical (unpaired) electrons. The van der Waals surface area contributed by atoms with Gasteiger partial charge in [0.15, 0.2) is 17.5 Å². The predicted molar refractivity (Wildman–Crippen MR) is 306 cm³/mol. The summed E-state index contributed by atoms with van der Waals surface area (Å²) >= 11 is 0. The highest BCUT2D eigenvalue weighted by molar-refractivity contribution is 6.11. The van der Waals surface area contributed by atoms with Crippen LogP contribution in [0.3, 0.4) is 0 Å². The van der Waals surface area contributed by atoms with Gasteiger partial charge in [-0.25, -0.2) is 19.9 Å². The second-order valence-electron chi connectivity index (χ2n) is 18.8. The molecule has 0 aliphatic rings. The van der Waals surface area contributed by atoms with Crippen LogP contribution in [0.15, 0.2) is 261 Å². The van der Waals surface area contributed by atoms with E-state index >= 15 is 0 Å². The lowest BCUT2D eigenvalue weighted by Gasteiger charge is -2.15. The lowest BCUT2D eigenvalue weighted by atomic mass is 9.89. The molecule has 0 spiro atoms. The molecule has 0 aliphatic carbocycles. The number of hydrogen-bond donors (Lipinski definition) is 0. The number of hydrogen-bond acceptors (Lipinski definition) is 5. The van der Waals surface area contributed by atoms with Gasteiger partial charge in [0.25, 0.3) is 0 Å². The first kappa shape index (κ1) is 42.9. The zero-order valence-electron chi connectivity index (χ0n) is 40.1. The molecule has 5 nitrogen and oxygen atoms in total. The molecule has 74 heavy (non-hydrogen) atoms. The Morgan fingerprint density at radius 2 is 0.743 bits per heavy atom. The molecule has 3 aromatic heterocycles. The highest BCUT2D eigenvalue weighted by Gasteiger charge is 2.18. The molecule has 0 amide bonds. The van der Waals surface area contributed by atoms with E-state index in [1.54, 1.807) is 0 Å². The molecule has 0 atom stereocenters. The maximum atomic E-state index is 5.19. The Bertz CT molecular complexity index is 4410. The zero-order valence-corrected chi connectivity index (χ0v) is 40.1. The van der Waals surface area contributed by atoms with E-state index in [0.29, 0.717) is 17.5 Å². The average Bonchev–Trinajstić information content (AvgIpc) is 3.49. The Balaban J connectivity index is 0.910. The van der Waals surface area contributed by atoms with Gasteiger partial charge in [-0.05, 0) is 125 Å². The summed E-state index contributed by atoms with van der Waals surface area (Å²) in [7, 11) is 0. The Kier molecular flexibility index (Phi) is 10.4. The van der Waals surface area contributed by atoms with Crippen LogP contribution >= 0.6 is 0 Å². The molecule has 0 N–H and O–H groups in total. The summed E-state index contributed by atoms with van der Waals surface area (Å²) in [6, 6.07) is 88.4. The van der Waals surface area contributed by atoms with E-state index in [4.69, 9.17) is 19.9 Å². The third-order valence-electron chi connectivity index (χ3n) is 14.4. The maximum Gasteiger partial charge on any atom is 0.164 e. The Hall–Kier alpha value is -9.97. The predicted octanol–water partition coefficient (Wildman–Crippen LogP) is 17.8. The van der Waals surface area contributed by atoms with E-state index in [2.05, 4.69) is 187 Å². The molecule has 0 bridgehead atoms. The zero-order chi connectivity index (χ0) is 49.0. The van der Waals surface area contributed by atoms with Crippen LogP contribution in [0.5, 0.6) is 0 Å². The molecule has 11 aromatic carbocycles. The van der Waals surface area contributed by atoms with E-state index in [-0.39, 0.29) is 0 Å². The van der Waals surface area contributed by atoms with Gasteiger partial charge in [0.05, 0.1) is 11.2 Å². The third kappa shape index (κ3) is 7.72. The molecular formula is C69H43N5. The van der Waals surface area contributed by atoms with E-state index in [1.165, 1.54) is 21.9 Å². The first-order valence-corrected chi connectivity index (χ1v) is 25.0. The summed E-state index contributed by atoms with van der Waals surface area (Å²) in [4.78, 5) is 25.0. The van der Waals surface area contributed by atoms with Gasteiger partial charge in [-0.3, -0.25) is 4.98 Å². The van der Waals surface area contributed by atoms with Crippen LogP contribution in [-0.4, -0.2) is 24.9 Å². The molecule has 0 saturated carbocycles. The number of benzene rings is 11. The Morgan fingerprint density at radius 3 is 1.49 bits per heavy atom. The number of nitrogens with zero attached hydrogens (tertiary/aromatic N) is 5. The highest BCUT2D eigenvalue weighted by Crippen LogP contribution is 2.41. The minimum atomic E-state index is 0.627. The van der Waals surface area contributed by atoms with Crippen molar-refractivity contribution in [3.05, 3.63) is 261 Å². The molecule has 14 aromatic rings. The van der Waals surface area contributed by atoms with Gasteiger partial charge in [0.1, 0.15) is 0 Å². The fraction of sp³-hybridized carbons (Fsp3) is 0. The van der Waals surface area contributed by atoms with Crippen molar-refractivity contribution in [3.8, 4) is 89.9 Å². The average molecular weight is 942 g/mol. The highest BCUT2D eigenvalue weighted by atomic mass is 15.0. The number of rotatable bonds is 8. The van der Waals surface area contributed by atoms with Gasteiger partial charge in [-0.1, -0.05) is 206 Å². The maximum absolute atomic E-state index is 5.19. The summed E-state index contributed by atoms with van der Waals surface area (Å²) in [5.74, 6) is 1.89. The second kappa shape index (κ2) is 18.0. The second-order valence-corrected chi connectivity index (χ2v) is 18.8. The monoisotopic (exact) mass is 941 g/mol. The molecule has 3 heterocycles. The van der Waals surface area contributed by atoms with Crippen LogP contribution in [0, 0.1) is 0 Å². The summed E-state index contributed by atoms with van der Waals surface area (Å²) in [5.41, 5.74) is 14.9. The Labute approximate surface area is 427 Å². The number of para-hydroxylation sites is 1. The van der Waals surface area contributed by atoms with Gasteiger partial charge in [0.2, 0.25) is 0 Å². The molecule has 5 heteroatoms. The number of pyridine rings is 2. The lowest BCUT2D eigenvalue weighted by Crippen LogP contribution is -2.00. The van der Waals surface area contributed by atoms with Crippen molar-refractivity contribution in [3.63, 3.8) is 0 Å². The van der Waals surface area contributed by atoms with Crippen LogP contribution in [-0.2, 0) is 0 Å². The molecule has 0 aliphatic heterocycles. The standard InChI is InChI=1S/C69H43N5/c1-3-15-47(16-4-1)67-72-68(48-17-5-2-6-18-48)74-69(73-67)63-26-13-24-59-58(23-12-25-60(59)63)55-41-53(44-28-30-46(31-29-44)57-22-11-19-45-14-7-8-20-56(45)57)40-54(42-55)51-33-32-50-39-52(35-34-49(50)38-51)66-64-43-70-37-36-61(64)62-21-9-10-27-65(62)71-66/h1-43H. The summed E-state index contributed by atoms with van der Waals surface area (Å²) in [5, 5.41) is 10.3. The fourth-order valence-corrected chi connectivity index (χ4v) is 10.7. The Morgan fingerprint density at radius 1 is 0.230 bits per heavy atom. The number of aromatic nitrogens is 5. The number of fused-ring (bicyclic) bond motifs is 6. The minimum Gasteiger partial charge on any atom is -0.264 e. The molecule has 14 rings (SSSR count). The van der Waals surface area contributed by atoms with Crippen LogP contribution in [0.1, 0.15) is 0 Å². The van der Waals surface area contributed by atoms with E-state index < -0.39 is 0 Å². The first-order valence-electron chi connectivity index (χ1n) is 25.0. The summed E-state index contributed by atoms with van der Waals surface area (Å²) in [6.07, 6.45) is 3.80. The molecular weight excluding hydrogens is 899 g/mol. The largest absolute Gasteiger partial charge is 0.264 e. The smallest absolute Gasteiger partial charge is 0.164 e. The summed E-state index contributed by atoms with van der Waals surface area (Å²) < 4.78 is 0. The molecule has 344 valence electrons. The first-order chi connectivity index (χ1) is 36.6. The van der Waals surface area contributed by atoms with Gasteiger partial charge >= 0.3 is 0 Å². The van der Waals surface area contributed by atoms with Crippen molar-refractivity contribution < 1.29 is 0 Å². The van der Waals surface area contributed by atoms with Gasteiger partial charge in [0, 0.05) is 45.4 Å². The summed E-state index contributed by atoms with van der Waals surface area (Å²) in [6.45, 7) is 0. The van der Waals surface area contributed by atoms with Crippen LogP contribution in [0.25, 0.3) is 144 Å². The lowest BCUT2D eigenvalue weighted by molar-refractivity contribution is 1.08. The van der Waals surface area contributed by atoms with E-state index in [9.17, 15) is 0 Å². The van der Waals surface area contributed by atoms with Crippen molar-refractivity contribution >= 4 is 54.0 Å². The van der Waals surface area contributed by atoms with Gasteiger partial charge in [-0.15, -0.1) is 0 Å². The molecule has 0 saturated heterocycles. The van der Waals surface area contributed by atoms with Crippen molar-refractivity contribution in [1.29, 1.82) is 0 Å². The van der Waals surface area contributed by atoms with Crippen LogP contribution < -0.4 is 0 Å². The fourth-order valence-electron chi connectivity index (χ4n) is 10.7. The van der Waals surface area contributed by atoms with Crippen molar-refractivity contribution in [2.75, 3.05) is 0 Å². The van der Waals surface area contributed by atoms with Crippen molar-refractivity contribution in [2.24, 2.45) is 0 Å². The van der Waals surface area contributed by atoms with Crippen LogP contribution in [0.4, 0.5) is 0 Å². The normalized spacial score (nSPS) is 11.5.